The lowest BCUT2D eigenvalue weighted by atomic mass is 10.2. The molecule has 2 aromatic rings. The molecule has 2 rings (SSSR count). The SMILES string of the molecule is CCN=C(Nc1cccc(OCCCOC)c1)NC(CC)CS(=O)(=O)c1ccccc1. The van der Waals surface area contributed by atoms with Gasteiger partial charge in [-0.3, -0.25) is 4.99 Å². The maximum atomic E-state index is 12.8. The highest BCUT2D eigenvalue weighted by molar-refractivity contribution is 7.91. The number of nitrogens with one attached hydrogen (secondary N) is 2. The smallest absolute Gasteiger partial charge is 0.196 e. The van der Waals surface area contributed by atoms with Crippen LogP contribution in [0.5, 0.6) is 5.75 Å². The molecule has 0 heterocycles. The number of nitrogens with zero attached hydrogens (tertiary/aromatic N) is 1. The van der Waals surface area contributed by atoms with E-state index in [-0.39, 0.29) is 11.8 Å². The first-order valence-electron chi connectivity index (χ1n) is 10.6. The first kappa shape index (κ1) is 24.7. The van der Waals surface area contributed by atoms with Gasteiger partial charge < -0.3 is 20.1 Å². The zero-order valence-electron chi connectivity index (χ0n) is 18.5. The van der Waals surface area contributed by atoms with Crippen molar-refractivity contribution in [2.75, 3.05) is 37.9 Å². The summed E-state index contributed by atoms with van der Waals surface area (Å²) in [4.78, 5) is 4.80. The maximum absolute atomic E-state index is 12.8. The standard InChI is InChI=1S/C23H33N3O4S/c1-4-19(18-31(27,28)22-13-7-6-8-14-22)25-23(24-5-2)26-20-11-9-12-21(17-20)30-16-10-15-29-3/h6-9,11-14,17,19H,4-5,10,15-16,18H2,1-3H3,(H2,24,25,26). The Morgan fingerprint density at radius 2 is 1.84 bits per heavy atom. The Labute approximate surface area is 185 Å². The van der Waals surface area contributed by atoms with Gasteiger partial charge in [0.05, 0.1) is 17.3 Å². The van der Waals surface area contributed by atoms with Crippen molar-refractivity contribution in [3.63, 3.8) is 0 Å². The van der Waals surface area contributed by atoms with Crippen LogP contribution in [0.1, 0.15) is 26.7 Å². The van der Waals surface area contributed by atoms with E-state index < -0.39 is 9.84 Å². The van der Waals surface area contributed by atoms with Crippen molar-refractivity contribution in [3.8, 4) is 5.75 Å². The van der Waals surface area contributed by atoms with Crippen molar-refractivity contribution in [1.29, 1.82) is 0 Å². The molecular weight excluding hydrogens is 414 g/mol. The number of anilines is 1. The monoisotopic (exact) mass is 447 g/mol. The fourth-order valence-electron chi connectivity index (χ4n) is 2.92. The topological polar surface area (TPSA) is 89.0 Å². The number of rotatable bonds is 12. The van der Waals surface area contributed by atoms with Crippen molar-refractivity contribution in [1.82, 2.24) is 5.32 Å². The van der Waals surface area contributed by atoms with Crippen LogP contribution in [0, 0.1) is 0 Å². The summed E-state index contributed by atoms with van der Waals surface area (Å²) in [5, 5.41) is 6.51. The van der Waals surface area contributed by atoms with Gasteiger partial charge >= 0.3 is 0 Å². The van der Waals surface area contributed by atoms with E-state index in [4.69, 9.17) is 9.47 Å². The van der Waals surface area contributed by atoms with Gasteiger partial charge in [-0.1, -0.05) is 31.2 Å². The number of methoxy groups -OCH3 is 1. The van der Waals surface area contributed by atoms with E-state index in [0.717, 1.165) is 17.9 Å². The second-order valence-electron chi connectivity index (χ2n) is 7.01. The van der Waals surface area contributed by atoms with Gasteiger partial charge in [0.25, 0.3) is 0 Å². The molecule has 1 unspecified atom stereocenters. The van der Waals surface area contributed by atoms with Crippen molar-refractivity contribution in [3.05, 3.63) is 54.6 Å². The molecule has 0 spiro atoms. The van der Waals surface area contributed by atoms with E-state index in [1.54, 1.807) is 37.4 Å². The minimum absolute atomic E-state index is 0.0133. The van der Waals surface area contributed by atoms with E-state index in [2.05, 4.69) is 15.6 Å². The Morgan fingerprint density at radius 1 is 1.06 bits per heavy atom. The number of hydrogen-bond donors (Lipinski definition) is 2. The lowest BCUT2D eigenvalue weighted by molar-refractivity contribution is 0.172. The van der Waals surface area contributed by atoms with Crippen molar-refractivity contribution >= 4 is 21.5 Å². The molecular formula is C23H33N3O4S. The van der Waals surface area contributed by atoms with Crippen LogP contribution in [0.25, 0.3) is 0 Å². The molecule has 0 aliphatic carbocycles. The third-order valence-corrected chi connectivity index (χ3v) is 6.36. The van der Waals surface area contributed by atoms with Gasteiger partial charge in [-0.15, -0.1) is 0 Å². The van der Waals surface area contributed by atoms with Crippen LogP contribution in [-0.2, 0) is 14.6 Å². The molecule has 0 aliphatic heterocycles. The number of hydrogen-bond acceptors (Lipinski definition) is 5. The lowest BCUT2D eigenvalue weighted by Gasteiger charge is -2.21. The van der Waals surface area contributed by atoms with Gasteiger partial charge in [-0.2, -0.15) is 0 Å². The molecule has 31 heavy (non-hydrogen) atoms. The number of guanidine groups is 1. The number of sulfone groups is 1. The average molecular weight is 448 g/mol. The maximum Gasteiger partial charge on any atom is 0.196 e. The Balaban J connectivity index is 2.04. The van der Waals surface area contributed by atoms with Crippen LogP contribution >= 0.6 is 0 Å². The van der Waals surface area contributed by atoms with Crippen molar-refractivity contribution in [2.24, 2.45) is 4.99 Å². The van der Waals surface area contributed by atoms with Gasteiger partial charge in [-0.25, -0.2) is 8.42 Å². The summed E-state index contributed by atoms with van der Waals surface area (Å²) in [6.07, 6.45) is 1.45. The van der Waals surface area contributed by atoms with Gasteiger partial charge in [0, 0.05) is 44.5 Å². The fraction of sp³-hybridized carbons (Fsp3) is 0.435. The highest BCUT2D eigenvalue weighted by atomic mass is 32.2. The van der Waals surface area contributed by atoms with E-state index in [9.17, 15) is 8.42 Å². The van der Waals surface area contributed by atoms with Crippen LogP contribution in [0.15, 0.2) is 64.5 Å². The van der Waals surface area contributed by atoms with Crippen LogP contribution < -0.4 is 15.4 Å². The van der Waals surface area contributed by atoms with E-state index in [0.29, 0.717) is 37.0 Å². The summed E-state index contributed by atoms with van der Waals surface area (Å²) < 4.78 is 36.3. The molecule has 0 saturated carbocycles. The predicted molar refractivity (Wildman–Crippen MR) is 126 cm³/mol. The van der Waals surface area contributed by atoms with Crippen LogP contribution in [0.3, 0.4) is 0 Å². The van der Waals surface area contributed by atoms with Crippen LogP contribution in [-0.4, -0.2) is 53.0 Å². The molecule has 1 atom stereocenters. The largest absolute Gasteiger partial charge is 0.493 e. The molecule has 8 heteroatoms. The third-order valence-electron chi connectivity index (χ3n) is 4.53. The average Bonchev–Trinajstić information content (AvgIpc) is 2.77. The van der Waals surface area contributed by atoms with Crippen LogP contribution in [0.2, 0.25) is 0 Å². The highest BCUT2D eigenvalue weighted by Crippen LogP contribution is 2.18. The normalized spacial score (nSPS) is 12.9. The Morgan fingerprint density at radius 3 is 2.52 bits per heavy atom. The zero-order valence-corrected chi connectivity index (χ0v) is 19.3. The van der Waals surface area contributed by atoms with E-state index in [1.807, 2.05) is 38.1 Å². The Kier molecular flexibility index (Phi) is 10.3. The summed E-state index contributed by atoms with van der Waals surface area (Å²) in [6.45, 7) is 5.67. The quantitative estimate of drug-likeness (QED) is 0.293. The second-order valence-corrected chi connectivity index (χ2v) is 9.05. The molecule has 2 N–H and O–H groups in total. The molecule has 170 valence electrons. The summed E-state index contributed by atoms with van der Waals surface area (Å²) in [5.41, 5.74) is 0.810. The molecule has 0 radical (unpaired) electrons. The summed E-state index contributed by atoms with van der Waals surface area (Å²) >= 11 is 0. The summed E-state index contributed by atoms with van der Waals surface area (Å²) in [5.74, 6) is 1.27. The molecule has 0 aromatic heterocycles. The Bertz CT molecular complexity index is 917. The molecule has 0 fully saturated rings. The van der Waals surface area contributed by atoms with E-state index in [1.165, 1.54) is 0 Å². The molecule has 0 amide bonds. The second kappa shape index (κ2) is 13.0. The highest BCUT2D eigenvalue weighted by Gasteiger charge is 2.21. The van der Waals surface area contributed by atoms with Gasteiger partial charge in [0.1, 0.15) is 5.75 Å². The van der Waals surface area contributed by atoms with E-state index >= 15 is 0 Å². The summed E-state index contributed by atoms with van der Waals surface area (Å²) in [7, 11) is -1.73. The molecule has 7 nitrogen and oxygen atoms in total. The molecule has 0 bridgehead atoms. The summed E-state index contributed by atoms with van der Waals surface area (Å²) in [6, 6.07) is 15.8. The van der Waals surface area contributed by atoms with Crippen molar-refractivity contribution < 1.29 is 17.9 Å². The number of benzene rings is 2. The first-order valence-corrected chi connectivity index (χ1v) is 12.2. The molecule has 0 saturated heterocycles. The fourth-order valence-corrected chi connectivity index (χ4v) is 4.53. The number of aliphatic imine (C=N–C) groups is 1. The van der Waals surface area contributed by atoms with Crippen LogP contribution in [0.4, 0.5) is 5.69 Å². The Hall–Kier alpha value is -2.58. The molecule has 2 aromatic carbocycles. The first-order chi connectivity index (χ1) is 15.0. The predicted octanol–water partition coefficient (Wildman–Crippen LogP) is 3.73. The van der Waals surface area contributed by atoms with Crippen molar-refractivity contribution in [2.45, 2.75) is 37.6 Å². The van der Waals surface area contributed by atoms with Gasteiger partial charge in [0.2, 0.25) is 0 Å². The minimum atomic E-state index is -3.40. The zero-order chi connectivity index (χ0) is 22.5. The molecule has 0 aliphatic rings. The lowest BCUT2D eigenvalue weighted by Crippen LogP contribution is -2.42. The van der Waals surface area contributed by atoms with Gasteiger partial charge in [0.15, 0.2) is 15.8 Å². The minimum Gasteiger partial charge on any atom is -0.493 e. The number of ether oxygens (including phenoxy) is 2. The van der Waals surface area contributed by atoms with Gasteiger partial charge in [-0.05, 0) is 37.6 Å². The third kappa shape index (κ3) is 8.59.